The molecule has 0 saturated heterocycles. The number of carbonyl (C=O) groups is 1. The number of aromatic nitrogens is 1. The Kier molecular flexibility index (Phi) is 5.87. The van der Waals surface area contributed by atoms with E-state index in [2.05, 4.69) is 55.7 Å². The summed E-state index contributed by atoms with van der Waals surface area (Å²) in [5.74, 6) is 0.266. The Bertz CT molecular complexity index is 1130. The van der Waals surface area contributed by atoms with Crippen molar-refractivity contribution in [2.24, 2.45) is 5.41 Å². The first-order valence-corrected chi connectivity index (χ1v) is 11.3. The number of hydrogen-bond acceptors (Lipinski definition) is 2. The normalized spacial score (nSPS) is 13.8. The quantitative estimate of drug-likeness (QED) is 0.523. The summed E-state index contributed by atoms with van der Waals surface area (Å²) in [4.78, 5) is 15.1. The van der Waals surface area contributed by atoms with Crippen LogP contribution in [-0.4, -0.2) is 21.9 Å². The zero-order valence-corrected chi connectivity index (χ0v) is 18.8. The summed E-state index contributed by atoms with van der Waals surface area (Å²) in [6.45, 7) is 8.88. The van der Waals surface area contributed by atoms with Crippen molar-refractivity contribution in [2.45, 2.75) is 59.5 Å². The van der Waals surface area contributed by atoms with E-state index < -0.39 is 0 Å². The van der Waals surface area contributed by atoms with Gasteiger partial charge in [0.2, 0.25) is 5.91 Å². The number of hydrogen-bond donors (Lipinski definition) is 0. The number of fused-ring (bicyclic) bond motifs is 3. The number of nitriles is 1. The number of para-hydroxylation sites is 1. The van der Waals surface area contributed by atoms with Crippen LogP contribution in [0.2, 0.25) is 0 Å². The fraction of sp³-hybridized carbons (Fsp3) is 0.407. The Morgan fingerprint density at radius 3 is 2.58 bits per heavy atom. The van der Waals surface area contributed by atoms with Crippen LogP contribution >= 0.6 is 0 Å². The van der Waals surface area contributed by atoms with Gasteiger partial charge in [-0.15, -0.1) is 0 Å². The molecule has 1 amide bonds. The molecule has 1 aromatic heterocycles. The van der Waals surface area contributed by atoms with E-state index in [-0.39, 0.29) is 11.3 Å². The van der Waals surface area contributed by atoms with Crippen molar-refractivity contribution in [1.29, 1.82) is 5.26 Å². The van der Waals surface area contributed by atoms with E-state index >= 15 is 0 Å². The van der Waals surface area contributed by atoms with Crippen LogP contribution in [0.5, 0.6) is 0 Å². The van der Waals surface area contributed by atoms with Crippen molar-refractivity contribution in [1.82, 2.24) is 9.47 Å². The standard InChI is InChI=1S/C27H31N3O/c1-4-27(2,3)15-13-26(31)29-16-14-23-22-7-5-6-8-24(22)30(25(23)19-29)18-21-11-9-20(17-28)10-12-21/h5-12H,4,13-16,18-19H2,1-3H3. The van der Waals surface area contributed by atoms with Crippen LogP contribution in [0.15, 0.2) is 48.5 Å². The van der Waals surface area contributed by atoms with Gasteiger partial charge in [0, 0.05) is 36.1 Å². The number of rotatable bonds is 6. The molecule has 0 unspecified atom stereocenters. The Morgan fingerprint density at radius 1 is 1.13 bits per heavy atom. The molecule has 0 atom stereocenters. The van der Waals surface area contributed by atoms with E-state index in [0.717, 1.165) is 37.9 Å². The Labute approximate surface area is 185 Å². The molecule has 0 fully saturated rings. The molecular formula is C27H31N3O. The number of benzene rings is 2. The lowest BCUT2D eigenvalue weighted by Crippen LogP contribution is -2.37. The molecule has 0 bridgehead atoms. The van der Waals surface area contributed by atoms with E-state index in [1.54, 1.807) is 0 Å². The molecule has 2 heterocycles. The summed E-state index contributed by atoms with van der Waals surface area (Å²) < 4.78 is 2.36. The summed E-state index contributed by atoms with van der Waals surface area (Å²) in [7, 11) is 0. The molecule has 0 radical (unpaired) electrons. The predicted molar refractivity (Wildman–Crippen MR) is 125 cm³/mol. The summed E-state index contributed by atoms with van der Waals surface area (Å²) in [5, 5.41) is 10.4. The van der Waals surface area contributed by atoms with Gasteiger partial charge in [-0.2, -0.15) is 5.26 Å². The van der Waals surface area contributed by atoms with E-state index in [9.17, 15) is 4.79 Å². The monoisotopic (exact) mass is 413 g/mol. The van der Waals surface area contributed by atoms with Crippen LogP contribution in [0.25, 0.3) is 10.9 Å². The van der Waals surface area contributed by atoms with Crippen molar-refractivity contribution in [2.75, 3.05) is 6.54 Å². The average molecular weight is 414 g/mol. The van der Waals surface area contributed by atoms with Gasteiger partial charge in [-0.1, -0.05) is 57.5 Å². The third-order valence-electron chi connectivity index (χ3n) is 6.92. The summed E-state index contributed by atoms with van der Waals surface area (Å²) in [6, 6.07) is 18.5. The third-order valence-corrected chi connectivity index (χ3v) is 6.92. The first-order valence-electron chi connectivity index (χ1n) is 11.3. The zero-order valence-electron chi connectivity index (χ0n) is 18.8. The fourth-order valence-corrected chi connectivity index (χ4v) is 4.44. The molecule has 0 aliphatic carbocycles. The molecule has 31 heavy (non-hydrogen) atoms. The van der Waals surface area contributed by atoms with Crippen molar-refractivity contribution in [3.05, 3.63) is 70.9 Å². The number of nitrogens with zero attached hydrogens (tertiary/aromatic N) is 3. The highest BCUT2D eigenvalue weighted by Gasteiger charge is 2.27. The molecule has 4 rings (SSSR count). The third kappa shape index (κ3) is 4.37. The minimum Gasteiger partial charge on any atom is -0.338 e. The molecule has 160 valence electrons. The maximum absolute atomic E-state index is 13.0. The highest BCUT2D eigenvalue weighted by molar-refractivity contribution is 5.86. The molecule has 0 spiro atoms. The van der Waals surface area contributed by atoms with Crippen LogP contribution in [0.1, 0.15) is 62.4 Å². The topological polar surface area (TPSA) is 49.0 Å². The fourth-order valence-electron chi connectivity index (χ4n) is 4.44. The lowest BCUT2D eigenvalue weighted by atomic mass is 9.85. The molecule has 3 aromatic rings. The van der Waals surface area contributed by atoms with Gasteiger partial charge >= 0.3 is 0 Å². The SMILES string of the molecule is CCC(C)(C)CCC(=O)N1CCc2c(n(Cc3ccc(C#N)cc3)c3ccccc23)C1. The average Bonchev–Trinajstić information content (AvgIpc) is 3.11. The van der Waals surface area contributed by atoms with E-state index in [4.69, 9.17) is 5.26 Å². The van der Waals surface area contributed by atoms with Gasteiger partial charge in [-0.05, 0) is 47.6 Å². The minimum absolute atomic E-state index is 0.209. The van der Waals surface area contributed by atoms with Gasteiger partial charge in [0.05, 0.1) is 18.2 Å². The van der Waals surface area contributed by atoms with E-state index in [1.807, 2.05) is 29.2 Å². The van der Waals surface area contributed by atoms with Gasteiger partial charge in [0.1, 0.15) is 0 Å². The molecular weight excluding hydrogens is 382 g/mol. The minimum atomic E-state index is 0.209. The van der Waals surface area contributed by atoms with Gasteiger partial charge in [-0.3, -0.25) is 4.79 Å². The number of amides is 1. The first-order chi connectivity index (χ1) is 14.9. The predicted octanol–water partition coefficient (Wildman–Crippen LogP) is 5.66. The van der Waals surface area contributed by atoms with Crippen LogP contribution in [0.3, 0.4) is 0 Å². The largest absolute Gasteiger partial charge is 0.338 e. The Balaban J connectivity index is 1.62. The molecule has 4 heteroatoms. The van der Waals surface area contributed by atoms with Gasteiger partial charge in [-0.25, -0.2) is 0 Å². The zero-order chi connectivity index (χ0) is 22.0. The smallest absolute Gasteiger partial charge is 0.222 e. The molecule has 1 aliphatic rings. The van der Waals surface area contributed by atoms with Gasteiger partial charge in [0.25, 0.3) is 0 Å². The molecule has 0 saturated carbocycles. The van der Waals surface area contributed by atoms with Crippen molar-refractivity contribution < 1.29 is 4.79 Å². The highest BCUT2D eigenvalue weighted by atomic mass is 16.2. The van der Waals surface area contributed by atoms with Crippen molar-refractivity contribution in [3.8, 4) is 6.07 Å². The summed E-state index contributed by atoms with van der Waals surface area (Å²) >= 11 is 0. The maximum atomic E-state index is 13.0. The maximum Gasteiger partial charge on any atom is 0.222 e. The summed E-state index contributed by atoms with van der Waals surface area (Å²) in [5.41, 5.74) is 5.90. The summed E-state index contributed by atoms with van der Waals surface area (Å²) in [6.07, 6.45) is 3.54. The van der Waals surface area contributed by atoms with Crippen molar-refractivity contribution >= 4 is 16.8 Å². The van der Waals surface area contributed by atoms with Crippen molar-refractivity contribution in [3.63, 3.8) is 0 Å². The second-order valence-electron chi connectivity index (χ2n) is 9.42. The van der Waals surface area contributed by atoms with Gasteiger partial charge in [0.15, 0.2) is 0 Å². The molecule has 4 nitrogen and oxygen atoms in total. The second-order valence-corrected chi connectivity index (χ2v) is 9.42. The van der Waals surface area contributed by atoms with Gasteiger partial charge < -0.3 is 9.47 Å². The lowest BCUT2D eigenvalue weighted by Gasteiger charge is -2.30. The second kappa shape index (κ2) is 8.59. The molecule has 2 aromatic carbocycles. The Hall–Kier alpha value is -3.06. The van der Waals surface area contributed by atoms with Crippen LogP contribution in [0, 0.1) is 16.7 Å². The van der Waals surface area contributed by atoms with E-state index in [0.29, 0.717) is 18.5 Å². The molecule has 0 N–H and O–H groups in total. The van der Waals surface area contributed by atoms with Crippen LogP contribution < -0.4 is 0 Å². The first kappa shape index (κ1) is 21.2. The Morgan fingerprint density at radius 2 is 1.87 bits per heavy atom. The molecule has 1 aliphatic heterocycles. The van der Waals surface area contributed by atoms with Crippen LogP contribution in [0.4, 0.5) is 0 Å². The van der Waals surface area contributed by atoms with Crippen LogP contribution in [-0.2, 0) is 24.3 Å². The lowest BCUT2D eigenvalue weighted by molar-refractivity contribution is -0.132. The highest BCUT2D eigenvalue weighted by Crippen LogP contribution is 2.33. The number of carbonyl (C=O) groups excluding carboxylic acids is 1. The van der Waals surface area contributed by atoms with E-state index in [1.165, 1.54) is 22.2 Å².